The lowest BCUT2D eigenvalue weighted by molar-refractivity contribution is -0.143. The van der Waals surface area contributed by atoms with Crippen molar-refractivity contribution in [3.05, 3.63) is 29.1 Å². The van der Waals surface area contributed by atoms with E-state index in [9.17, 15) is 26.7 Å². The Balaban J connectivity index is 2.76. The maximum Gasteiger partial charge on any atom is 0.323 e. The van der Waals surface area contributed by atoms with Gasteiger partial charge in [-0.05, 0) is 19.8 Å². The number of benzene rings is 1. The van der Waals surface area contributed by atoms with Crippen molar-refractivity contribution in [2.75, 3.05) is 6.61 Å². The molecule has 0 saturated heterocycles. The van der Waals surface area contributed by atoms with Crippen LogP contribution in [0.3, 0.4) is 0 Å². The number of rotatable bonds is 6. The molecule has 0 aliphatic carbocycles. The van der Waals surface area contributed by atoms with Crippen LogP contribution < -0.4 is 10.5 Å². The number of carboxylic acid groups (broad SMARTS) is 1. The molecule has 0 bridgehead atoms. The Morgan fingerprint density at radius 2 is 1.52 bits per heavy atom. The molecule has 4 nitrogen and oxygen atoms in total. The highest BCUT2D eigenvalue weighted by molar-refractivity contribution is 5.77. The number of hydrogen-bond donors (Lipinski definition) is 2. The van der Waals surface area contributed by atoms with E-state index in [0.29, 0.717) is 0 Å². The molecule has 1 aromatic rings. The molecule has 0 saturated carbocycles. The van der Waals surface area contributed by atoms with Crippen LogP contribution in [-0.2, 0) is 4.79 Å². The first-order valence-electron chi connectivity index (χ1n) is 5.76. The van der Waals surface area contributed by atoms with Gasteiger partial charge in [0, 0.05) is 0 Å². The smallest absolute Gasteiger partial charge is 0.323 e. The van der Waals surface area contributed by atoms with E-state index in [4.69, 9.17) is 10.8 Å². The van der Waals surface area contributed by atoms with E-state index < -0.39 is 53.0 Å². The number of aliphatic carboxylic acids is 1. The standard InChI is InChI=1S/C12H12F5NO3/c1-12(18,11(19)20)3-2-4-21-10-8(16)6(14)5(13)7(15)9(10)17/h2-4,18H2,1H3,(H,19,20). The number of halogens is 5. The van der Waals surface area contributed by atoms with E-state index in [2.05, 4.69) is 4.74 Å². The van der Waals surface area contributed by atoms with E-state index in [-0.39, 0.29) is 12.8 Å². The lowest BCUT2D eigenvalue weighted by atomic mass is 9.98. The van der Waals surface area contributed by atoms with Crippen molar-refractivity contribution in [1.82, 2.24) is 0 Å². The Hall–Kier alpha value is -1.90. The summed E-state index contributed by atoms with van der Waals surface area (Å²) in [7, 11) is 0. The summed E-state index contributed by atoms with van der Waals surface area (Å²) < 4.78 is 69.5. The fourth-order valence-electron chi connectivity index (χ4n) is 1.43. The van der Waals surface area contributed by atoms with Gasteiger partial charge in [-0.15, -0.1) is 0 Å². The second-order valence-electron chi connectivity index (χ2n) is 4.57. The largest absolute Gasteiger partial charge is 0.487 e. The maximum atomic E-state index is 13.2. The summed E-state index contributed by atoms with van der Waals surface area (Å²) in [4.78, 5) is 10.7. The number of hydrogen-bond acceptors (Lipinski definition) is 3. The molecule has 1 aromatic carbocycles. The van der Waals surface area contributed by atoms with Crippen LogP contribution in [0.25, 0.3) is 0 Å². The van der Waals surface area contributed by atoms with Gasteiger partial charge in [0.25, 0.3) is 0 Å². The third kappa shape index (κ3) is 3.60. The quantitative estimate of drug-likeness (QED) is 0.366. The molecule has 0 aliphatic rings. The number of nitrogens with two attached hydrogens (primary N) is 1. The monoisotopic (exact) mass is 313 g/mol. The Kier molecular flexibility index (Phi) is 5.10. The molecule has 0 aromatic heterocycles. The second-order valence-corrected chi connectivity index (χ2v) is 4.57. The summed E-state index contributed by atoms with van der Waals surface area (Å²) in [5, 5.41) is 8.72. The van der Waals surface area contributed by atoms with Gasteiger partial charge in [0.05, 0.1) is 6.61 Å². The summed E-state index contributed by atoms with van der Waals surface area (Å²) in [6.07, 6.45) is -0.170. The Bertz CT molecular complexity index is 533. The first-order valence-corrected chi connectivity index (χ1v) is 5.76. The van der Waals surface area contributed by atoms with Gasteiger partial charge in [-0.1, -0.05) is 0 Å². The minimum Gasteiger partial charge on any atom is -0.487 e. The van der Waals surface area contributed by atoms with E-state index in [1.165, 1.54) is 6.92 Å². The van der Waals surface area contributed by atoms with Crippen LogP contribution in [0.1, 0.15) is 19.8 Å². The molecule has 21 heavy (non-hydrogen) atoms. The lowest BCUT2D eigenvalue weighted by Gasteiger charge is -2.19. The summed E-state index contributed by atoms with van der Waals surface area (Å²) in [6.45, 7) is 0.756. The molecule has 0 amide bonds. The molecular formula is C12H12F5NO3. The van der Waals surface area contributed by atoms with E-state index in [0.717, 1.165) is 0 Å². The first kappa shape index (κ1) is 17.2. The highest BCUT2D eigenvalue weighted by Crippen LogP contribution is 2.29. The summed E-state index contributed by atoms with van der Waals surface area (Å²) in [5.74, 6) is -13.4. The minimum atomic E-state index is -2.28. The van der Waals surface area contributed by atoms with Crippen LogP contribution in [0.2, 0.25) is 0 Å². The van der Waals surface area contributed by atoms with Crippen LogP contribution in [0.15, 0.2) is 0 Å². The zero-order chi connectivity index (χ0) is 16.4. The van der Waals surface area contributed by atoms with Crippen LogP contribution in [-0.4, -0.2) is 23.2 Å². The fourth-order valence-corrected chi connectivity index (χ4v) is 1.43. The Morgan fingerprint density at radius 1 is 1.10 bits per heavy atom. The predicted molar refractivity (Wildman–Crippen MR) is 61.2 cm³/mol. The van der Waals surface area contributed by atoms with Gasteiger partial charge in [-0.2, -0.15) is 8.78 Å². The van der Waals surface area contributed by atoms with Gasteiger partial charge in [-0.25, -0.2) is 13.2 Å². The molecule has 3 N–H and O–H groups in total. The average molecular weight is 313 g/mol. The topological polar surface area (TPSA) is 72.5 Å². The molecule has 1 rings (SSSR count). The van der Waals surface area contributed by atoms with Crippen molar-refractivity contribution in [2.24, 2.45) is 5.73 Å². The Morgan fingerprint density at radius 3 is 1.95 bits per heavy atom. The van der Waals surface area contributed by atoms with E-state index >= 15 is 0 Å². The van der Waals surface area contributed by atoms with Crippen molar-refractivity contribution in [1.29, 1.82) is 0 Å². The third-order valence-corrected chi connectivity index (χ3v) is 2.74. The zero-order valence-electron chi connectivity index (χ0n) is 10.9. The molecule has 0 aliphatic heterocycles. The summed E-state index contributed by atoms with van der Waals surface area (Å²) in [5.41, 5.74) is 3.81. The molecule has 1 unspecified atom stereocenters. The summed E-state index contributed by atoms with van der Waals surface area (Å²) in [6, 6.07) is 0. The van der Waals surface area contributed by atoms with Crippen LogP contribution in [0.4, 0.5) is 22.0 Å². The number of ether oxygens (including phenoxy) is 1. The van der Waals surface area contributed by atoms with Crippen LogP contribution in [0, 0.1) is 29.1 Å². The van der Waals surface area contributed by atoms with Crippen LogP contribution >= 0.6 is 0 Å². The zero-order valence-corrected chi connectivity index (χ0v) is 10.9. The van der Waals surface area contributed by atoms with Gasteiger partial charge < -0.3 is 15.6 Å². The molecule has 118 valence electrons. The van der Waals surface area contributed by atoms with Gasteiger partial charge in [0.15, 0.2) is 5.75 Å². The molecule has 9 heteroatoms. The molecule has 0 fully saturated rings. The molecule has 0 spiro atoms. The van der Waals surface area contributed by atoms with Crippen LogP contribution in [0.5, 0.6) is 5.75 Å². The number of carboxylic acids is 1. The maximum absolute atomic E-state index is 13.2. The van der Waals surface area contributed by atoms with Gasteiger partial charge >= 0.3 is 5.97 Å². The average Bonchev–Trinajstić information content (AvgIpc) is 2.42. The van der Waals surface area contributed by atoms with Gasteiger partial charge in [-0.3, -0.25) is 4.79 Å². The van der Waals surface area contributed by atoms with Crippen molar-refractivity contribution >= 4 is 5.97 Å². The molecular weight excluding hydrogens is 301 g/mol. The Labute approximate surface area is 116 Å². The fraction of sp³-hybridized carbons (Fsp3) is 0.417. The van der Waals surface area contributed by atoms with Gasteiger partial charge in [0.2, 0.25) is 29.1 Å². The third-order valence-electron chi connectivity index (χ3n) is 2.74. The van der Waals surface area contributed by atoms with E-state index in [1.54, 1.807) is 0 Å². The van der Waals surface area contributed by atoms with E-state index in [1.807, 2.05) is 0 Å². The minimum absolute atomic E-state index is 0.0568. The highest BCUT2D eigenvalue weighted by Gasteiger charge is 2.29. The molecule has 1 atom stereocenters. The molecule has 0 heterocycles. The number of carbonyl (C=O) groups is 1. The SMILES string of the molecule is CC(N)(CCCOc1c(F)c(F)c(F)c(F)c1F)C(=O)O. The van der Waals surface area contributed by atoms with Crippen molar-refractivity contribution in [2.45, 2.75) is 25.3 Å². The molecule has 0 radical (unpaired) electrons. The summed E-state index contributed by atoms with van der Waals surface area (Å²) >= 11 is 0. The first-order chi connectivity index (χ1) is 9.59. The van der Waals surface area contributed by atoms with Crippen molar-refractivity contribution < 1.29 is 36.6 Å². The normalized spacial score (nSPS) is 13.9. The predicted octanol–water partition coefficient (Wildman–Crippen LogP) is 2.34. The van der Waals surface area contributed by atoms with Gasteiger partial charge in [0.1, 0.15) is 5.54 Å². The highest BCUT2D eigenvalue weighted by atomic mass is 19.2. The van der Waals surface area contributed by atoms with Crippen molar-refractivity contribution in [3.63, 3.8) is 0 Å². The lowest BCUT2D eigenvalue weighted by Crippen LogP contribution is -2.44. The van der Waals surface area contributed by atoms with Crippen molar-refractivity contribution in [3.8, 4) is 5.75 Å². The second kappa shape index (κ2) is 6.25.